The average molecular weight is 325 g/mol. The van der Waals surface area contributed by atoms with Crippen molar-refractivity contribution >= 4 is 27.3 Å². The number of hydrogen-bond donors (Lipinski definition) is 0. The summed E-state index contributed by atoms with van der Waals surface area (Å²) < 4.78 is 32.6. The maximum absolute atomic E-state index is 12.8. The molecule has 0 saturated carbocycles. The van der Waals surface area contributed by atoms with E-state index in [0.717, 1.165) is 0 Å². The number of rotatable bonds is 2. The van der Waals surface area contributed by atoms with E-state index in [0.29, 0.717) is 16.5 Å². The summed E-state index contributed by atoms with van der Waals surface area (Å²) in [5.74, 6) is 0.505. The van der Waals surface area contributed by atoms with E-state index in [9.17, 15) is 8.42 Å². The van der Waals surface area contributed by atoms with Crippen LogP contribution in [0.15, 0.2) is 47.6 Å². The molecule has 0 saturated heterocycles. The highest BCUT2D eigenvalue weighted by Gasteiger charge is 2.33. The molecule has 0 fully saturated rings. The van der Waals surface area contributed by atoms with Gasteiger partial charge in [0.15, 0.2) is 0 Å². The third-order valence-corrected chi connectivity index (χ3v) is 5.16. The monoisotopic (exact) mass is 324 g/mol. The molecule has 3 rings (SSSR count). The fourth-order valence-electron chi connectivity index (χ4n) is 2.23. The largest absolute Gasteiger partial charge is 0.487 e. The summed E-state index contributed by atoms with van der Waals surface area (Å²) >= 11 is 5.99. The highest BCUT2D eigenvalue weighted by Crippen LogP contribution is 2.38. The van der Waals surface area contributed by atoms with E-state index in [4.69, 9.17) is 16.3 Å². The quantitative estimate of drug-likeness (QED) is 0.852. The van der Waals surface area contributed by atoms with Crippen molar-refractivity contribution < 1.29 is 13.2 Å². The van der Waals surface area contributed by atoms with Gasteiger partial charge in [-0.3, -0.25) is 9.29 Å². The van der Waals surface area contributed by atoms with E-state index in [1.807, 2.05) is 6.92 Å². The second-order valence-corrected chi connectivity index (χ2v) is 7.06. The molecule has 5 nitrogen and oxygen atoms in total. The highest BCUT2D eigenvalue weighted by atomic mass is 35.5. The van der Waals surface area contributed by atoms with Crippen LogP contribution in [-0.2, 0) is 10.0 Å². The fraction of sp³-hybridized carbons (Fsp3) is 0.214. The number of nitrogens with zero attached hydrogens (tertiary/aromatic N) is 2. The van der Waals surface area contributed by atoms with Gasteiger partial charge in [-0.1, -0.05) is 11.6 Å². The molecule has 7 heteroatoms. The van der Waals surface area contributed by atoms with Crippen LogP contribution in [0.4, 0.5) is 5.69 Å². The minimum absolute atomic E-state index is 0.144. The lowest BCUT2D eigenvalue weighted by Gasteiger charge is -2.34. The average Bonchev–Trinajstić information content (AvgIpc) is 2.48. The Kier molecular flexibility index (Phi) is 3.51. The molecule has 1 aromatic heterocycles. The minimum Gasteiger partial charge on any atom is -0.487 e. The Hall–Kier alpha value is -1.79. The van der Waals surface area contributed by atoms with Crippen LogP contribution in [0.5, 0.6) is 5.75 Å². The van der Waals surface area contributed by atoms with Gasteiger partial charge in [0.25, 0.3) is 10.0 Å². The SMILES string of the molecule is C[C@H]1CN(S(=O)(=O)c2cccnc2)c2cc(Cl)ccc2O1. The Morgan fingerprint density at radius 3 is 2.90 bits per heavy atom. The minimum atomic E-state index is -3.69. The van der Waals surface area contributed by atoms with Crippen LogP contribution in [0.25, 0.3) is 0 Å². The van der Waals surface area contributed by atoms with Crippen LogP contribution < -0.4 is 9.04 Å². The van der Waals surface area contributed by atoms with Crippen LogP contribution in [0.3, 0.4) is 0 Å². The van der Waals surface area contributed by atoms with Crippen LogP contribution in [0.1, 0.15) is 6.92 Å². The number of benzene rings is 1. The summed E-state index contributed by atoms with van der Waals surface area (Å²) in [6.07, 6.45) is 2.62. The zero-order chi connectivity index (χ0) is 15.0. The molecule has 2 heterocycles. The van der Waals surface area contributed by atoms with Gasteiger partial charge in [0.1, 0.15) is 16.7 Å². The maximum atomic E-state index is 12.8. The molecule has 0 unspecified atom stereocenters. The van der Waals surface area contributed by atoms with E-state index in [1.54, 1.807) is 24.3 Å². The summed E-state index contributed by atoms with van der Waals surface area (Å²) in [4.78, 5) is 4.02. The van der Waals surface area contributed by atoms with Crippen molar-refractivity contribution in [2.75, 3.05) is 10.8 Å². The lowest BCUT2D eigenvalue weighted by Crippen LogP contribution is -2.42. The van der Waals surface area contributed by atoms with E-state index in [2.05, 4.69) is 4.98 Å². The normalized spacial score (nSPS) is 18.0. The van der Waals surface area contributed by atoms with Crippen LogP contribution in [-0.4, -0.2) is 26.1 Å². The van der Waals surface area contributed by atoms with Crippen LogP contribution >= 0.6 is 11.6 Å². The molecule has 0 N–H and O–H groups in total. The van der Waals surface area contributed by atoms with Gasteiger partial charge in [-0.05, 0) is 37.3 Å². The summed E-state index contributed by atoms with van der Waals surface area (Å²) in [5.41, 5.74) is 0.449. The van der Waals surface area contributed by atoms with Gasteiger partial charge in [-0.25, -0.2) is 8.42 Å². The predicted octanol–water partition coefficient (Wildman–Crippen LogP) is 2.71. The molecule has 0 amide bonds. The second kappa shape index (κ2) is 5.20. The first-order valence-electron chi connectivity index (χ1n) is 6.37. The summed E-state index contributed by atoms with van der Waals surface area (Å²) in [5, 5.41) is 0.457. The third-order valence-electron chi connectivity index (χ3n) is 3.16. The molecule has 0 aliphatic carbocycles. The number of anilines is 1. The van der Waals surface area contributed by atoms with Crippen molar-refractivity contribution in [3.8, 4) is 5.75 Å². The lowest BCUT2D eigenvalue weighted by molar-refractivity contribution is 0.219. The van der Waals surface area contributed by atoms with Gasteiger partial charge in [0.2, 0.25) is 0 Å². The number of halogens is 1. The van der Waals surface area contributed by atoms with Gasteiger partial charge in [-0.2, -0.15) is 0 Å². The highest BCUT2D eigenvalue weighted by molar-refractivity contribution is 7.92. The zero-order valence-corrected chi connectivity index (χ0v) is 12.8. The number of pyridine rings is 1. The van der Waals surface area contributed by atoms with Gasteiger partial charge in [-0.15, -0.1) is 0 Å². The van der Waals surface area contributed by atoms with Gasteiger partial charge >= 0.3 is 0 Å². The van der Waals surface area contributed by atoms with Crippen molar-refractivity contribution in [1.82, 2.24) is 4.98 Å². The Morgan fingerprint density at radius 2 is 2.19 bits per heavy atom. The van der Waals surface area contributed by atoms with Gasteiger partial charge in [0.05, 0.1) is 12.2 Å². The first kappa shape index (κ1) is 14.2. The standard InChI is InChI=1S/C14H13ClN2O3S/c1-10-9-17(13-7-11(15)4-5-14(13)20-10)21(18,19)12-3-2-6-16-8-12/h2-8,10H,9H2,1H3/t10-/m0/s1. The molecule has 2 aromatic rings. The van der Waals surface area contributed by atoms with Gasteiger partial charge < -0.3 is 4.74 Å². The Morgan fingerprint density at radius 1 is 1.38 bits per heavy atom. The first-order chi connectivity index (χ1) is 9.98. The molecule has 0 radical (unpaired) electrons. The molecule has 1 aliphatic heterocycles. The van der Waals surface area contributed by atoms with Gasteiger partial charge in [0, 0.05) is 17.4 Å². The number of sulfonamides is 1. The summed E-state index contributed by atoms with van der Waals surface area (Å²) in [6.45, 7) is 2.05. The maximum Gasteiger partial charge on any atom is 0.266 e. The fourth-order valence-corrected chi connectivity index (χ4v) is 3.90. The molecular weight excluding hydrogens is 312 g/mol. The predicted molar refractivity (Wildman–Crippen MR) is 80.3 cm³/mol. The molecule has 1 atom stereocenters. The van der Waals surface area contributed by atoms with E-state index >= 15 is 0 Å². The van der Waals surface area contributed by atoms with E-state index in [1.165, 1.54) is 22.8 Å². The Balaban J connectivity index is 2.13. The van der Waals surface area contributed by atoms with E-state index < -0.39 is 10.0 Å². The van der Waals surface area contributed by atoms with Crippen molar-refractivity contribution in [2.24, 2.45) is 0 Å². The number of ether oxygens (including phenoxy) is 1. The molecule has 1 aromatic carbocycles. The summed E-state index contributed by atoms with van der Waals surface area (Å²) in [6, 6.07) is 8.06. The molecule has 0 spiro atoms. The molecular formula is C14H13ClN2O3S. The molecule has 1 aliphatic rings. The number of hydrogen-bond acceptors (Lipinski definition) is 4. The summed E-state index contributed by atoms with van der Waals surface area (Å²) in [7, 11) is -3.69. The zero-order valence-electron chi connectivity index (χ0n) is 11.2. The molecule has 21 heavy (non-hydrogen) atoms. The molecule has 110 valence electrons. The number of aromatic nitrogens is 1. The second-order valence-electron chi connectivity index (χ2n) is 4.77. The first-order valence-corrected chi connectivity index (χ1v) is 8.19. The third kappa shape index (κ3) is 2.56. The Labute approximate surface area is 128 Å². The number of fused-ring (bicyclic) bond motifs is 1. The van der Waals surface area contributed by atoms with Crippen LogP contribution in [0, 0.1) is 0 Å². The van der Waals surface area contributed by atoms with Crippen molar-refractivity contribution in [1.29, 1.82) is 0 Å². The van der Waals surface area contributed by atoms with E-state index in [-0.39, 0.29) is 17.5 Å². The Bertz CT molecular complexity index is 765. The lowest BCUT2D eigenvalue weighted by atomic mass is 10.2. The van der Waals surface area contributed by atoms with Crippen molar-refractivity contribution in [3.05, 3.63) is 47.7 Å². The molecule has 0 bridgehead atoms. The van der Waals surface area contributed by atoms with Crippen molar-refractivity contribution in [3.63, 3.8) is 0 Å². The van der Waals surface area contributed by atoms with Crippen LogP contribution in [0.2, 0.25) is 5.02 Å². The topological polar surface area (TPSA) is 59.5 Å². The smallest absolute Gasteiger partial charge is 0.266 e. The van der Waals surface area contributed by atoms with Crippen molar-refractivity contribution in [2.45, 2.75) is 17.9 Å².